The van der Waals surface area contributed by atoms with E-state index >= 15 is 0 Å². The average Bonchev–Trinajstić information content (AvgIpc) is 2.83. The van der Waals surface area contributed by atoms with Crippen LogP contribution in [0.5, 0.6) is 5.75 Å². The molecule has 0 atom stereocenters. The van der Waals surface area contributed by atoms with Crippen molar-refractivity contribution in [3.05, 3.63) is 102 Å². The molecule has 1 heterocycles. The van der Waals surface area contributed by atoms with Crippen molar-refractivity contribution in [3.63, 3.8) is 0 Å². The Morgan fingerprint density at radius 1 is 1.00 bits per heavy atom. The number of carbonyl (C=O) groups is 1. The van der Waals surface area contributed by atoms with Crippen LogP contribution in [0.2, 0.25) is 0 Å². The van der Waals surface area contributed by atoms with Gasteiger partial charge in [0, 0.05) is 11.8 Å². The van der Waals surface area contributed by atoms with E-state index in [1.54, 1.807) is 12.3 Å². The van der Waals surface area contributed by atoms with Crippen molar-refractivity contribution in [1.82, 2.24) is 9.97 Å². The number of carbonyl (C=O) groups excluding carboxylic acids is 1. The molecule has 1 amide bonds. The van der Waals surface area contributed by atoms with Gasteiger partial charge >= 0.3 is 0 Å². The lowest BCUT2D eigenvalue weighted by Gasteiger charge is -2.09. The summed E-state index contributed by atoms with van der Waals surface area (Å²) >= 11 is 0. The minimum atomic E-state index is -0.258. The van der Waals surface area contributed by atoms with Gasteiger partial charge in [0.1, 0.15) is 12.4 Å². The highest BCUT2D eigenvalue weighted by Gasteiger charge is 2.03. The molecule has 0 fully saturated rings. The number of aromatic nitrogens is 2. The van der Waals surface area contributed by atoms with Crippen LogP contribution in [0.25, 0.3) is 17.1 Å². The van der Waals surface area contributed by atoms with Crippen molar-refractivity contribution in [2.45, 2.75) is 13.0 Å². The lowest BCUT2D eigenvalue weighted by molar-refractivity contribution is -0.111. The summed E-state index contributed by atoms with van der Waals surface area (Å²) in [6.07, 6.45) is 5.09. The van der Waals surface area contributed by atoms with Crippen molar-refractivity contribution in [3.8, 4) is 11.8 Å². The van der Waals surface area contributed by atoms with Gasteiger partial charge in [0.25, 0.3) is 0 Å². The largest absolute Gasteiger partial charge is 0.489 e. The number of amides is 1. The highest BCUT2D eigenvalue weighted by Crippen LogP contribution is 2.17. The van der Waals surface area contributed by atoms with E-state index in [1.807, 2.05) is 72.8 Å². The van der Waals surface area contributed by atoms with Gasteiger partial charge < -0.3 is 10.1 Å². The van der Waals surface area contributed by atoms with Crippen LogP contribution in [0, 0.1) is 11.3 Å². The van der Waals surface area contributed by atoms with Crippen LogP contribution in [0.4, 0.5) is 5.69 Å². The topological polar surface area (TPSA) is 87.9 Å². The summed E-state index contributed by atoms with van der Waals surface area (Å²) < 4.78 is 5.80. The van der Waals surface area contributed by atoms with Crippen LogP contribution >= 0.6 is 0 Å². The van der Waals surface area contributed by atoms with Gasteiger partial charge in [-0.15, -0.1) is 0 Å². The van der Waals surface area contributed by atoms with Crippen molar-refractivity contribution in [2.24, 2.45) is 0 Å². The second-order valence-electron chi connectivity index (χ2n) is 7.07. The zero-order valence-corrected chi connectivity index (χ0v) is 17.2. The Kier molecular flexibility index (Phi) is 6.49. The predicted octanol–water partition coefficient (Wildman–Crippen LogP) is 4.93. The number of ether oxygens (including phenoxy) is 1. The quantitative estimate of drug-likeness (QED) is 0.429. The Labute approximate surface area is 185 Å². The van der Waals surface area contributed by atoms with E-state index in [0.717, 1.165) is 27.9 Å². The van der Waals surface area contributed by atoms with Crippen LogP contribution < -0.4 is 10.1 Å². The molecule has 0 aliphatic carbocycles. The van der Waals surface area contributed by atoms with E-state index in [-0.39, 0.29) is 5.91 Å². The maximum Gasteiger partial charge on any atom is 0.248 e. The molecule has 4 rings (SSSR count). The molecule has 0 aliphatic heterocycles. The molecule has 4 aromatic rings. The normalized spacial score (nSPS) is 10.7. The smallest absolute Gasteiger partial charge is 0.248 e. The maximum absolute atomic E-state index is 12.3. The lowest BCUT2D eigenvalue weighted by Crippen LogP contribution is -2.08. The molecule has 0 aliphatic rings. The second kappa shape index (κ2) is 10.0. The van der Waals surface area contributed by atoms with Crippen molar-refractivity contribution >= 4 is 28.7 Å². The van der Waals surface area contributed by atoms with E-state index in [2.05, 4.69) is 21.4 Å². The summed E-state index contributed by atoms with van der Waals surface area (Å²) in [5.74, 6) is 0.465. The fraction of sp³-hybridized carbons (Fsp3) is 0.0769. The van der Waals surface area contributed by atoms with Gasteiger partial charge in [0.05, 0.1) is 35.4 Å². The van der Waals surface area contributed by atoms with Gasteiger partial charge in [0.2, 0.25) is 5.91 Å². The molecule has 0 radical (unpaired) electrons. The molecule has 0 saturated carbocycles. The molecule has 6 heteroatoms. The van der Waals surface area contributed by atoms with Crippen LogP contribution in [-0.2, 0) is 17.8 Å². The molecule has 0 unspecified atom stereocenters. The number of nitriles is 1. The summed E-state index contributed by atoms with van der Waals surface area (Å²) in [7, 11) is 0. The van der Waals surface area contributed by atoms with Crippen molar-refractivity contribution in [2.75, 3.05) is 5.32 Å². The third-order valence-corrected chi connectivity index (χ3v) is 4.68. The first-order valence-corrected chi connectivity index (χ1v) is 10.1. The van der Waals surface area contributed by atoms with Gasteiger partial charge in [-0.05, 0) is 53.6 Å². The minimum absolute atomic E-state index is 0.258. The molecule has 1 N–H and O–H groups in total. The first-order valence-electron chi connectivity index (χ1n) is 10.1. The Balaban J connectivity index is 1.34. The number of hydrogen-bond donors (Lipinski definition) is 1. The van der Waals surface area contributed by atoms with E-state index in [9.17, 15) is 4.79 Å². The lowest BCUT2D eigenvalue weighted by atomic mass is 10.1. The number of benzene rings is 3. The maximum atomic E-state index is 12.3. The van der Waals surface area contributed by atoms with Crippen LogP contribution in [0.3, 0.4) is 0 Å². The third kappa shape index (κ3) is 5.55. The summed E-state index contributed by atoms with van der Waals surface area (Å²) in [5.41, 5.74) is 4.76. The molecule has 32 heavy (non-hydrogen) atoms. The van der Waals surface area contributed by atoms with Gasteiger partial charge in [-0.3, -0.25) is 9.78 Å². The van der Waals surface area contributed by atoms with Gasteiger partial charge in [-0.25, -0.2) is 4.98 Å². The summed E-state index contributed by atoms with van der Waals surface area (Å²) in [4.78, 5) is 21.1. The molecule has 156 valence electrons. The SMILES string of the molecule is N#CCc1ccc(OCc2cccc(NC(=O)/C=C/c3cnc4ccccc4n3)c2)cc1. The number of anilines is 1. The molecular formula is C26H20N4O2. The van der Waals surface area contributed by atoms with E-state index < -0.39 is 0 Å². The summed E-state index contributed by atoms with van der Waals surface area (Å²) in [6, 6.07) is 24.6. The Hall–Kier alpha value is -4.50. The Bertz CT molecular complexity index is 1310. The highest BCUT2D eigenvalue weighted by atomic mass is 16.5. The fourth-order valence-corrected chi connectivity index (χ4v) is 3.10. The standard InChI is InChI=1S/C26H20N4O2/c27-15-14-19-8-11-23(12-9-19)32-18-20-4-3-5-21(16-20)30-26(31)13-10-22-17-28-24-6-1-2-7-25(24)29-22/h1-13,16-17H,14,18H2,(H,30,31)/b13-10+. The summed E-state index contributed by atoms with van der Waals surface area (Å²) in [6.45, 7) is 0.365. The molecule has 0 spiro atoms. The van der Waals surface area contributed by atoms with E-state index in [4.69, 9.17) is 10.00 Å². The minimum Gasteiger partial charge on any atom is -0.489 e. The zero-order valence-electron chi connectivity index (χ0n) is 17.2. The average molecular weight is 420 g/mol. The molecule has 1 aromatic heterocycles. The Morgan fingerprint density at radius 2 is 1.81 bits per heavy atom. The Morgan fingerprint density at radius 3 is 2.62 bits per heavy atom. The van der Waals surface area contributed by atoms with E-state index in [0.29, 0.717) is 24.4 Å². The number of nitrogens with one attached hydrogen (secondary N) is 1. The number of para-hydroxylation sites is 2. The first-order chi connectivity index (χ1) is 15.7. The molecular weight excluding hydrogens is 400 g/mol. The number of rotatable bonds is 7. The number of nitrogens with zero attached hydrogens (tertiary/aromatic N) is 3. The zero-order chi connectivity index (χ0) is 22.2. The van der Waals surface area contributed by atoms with E-state index in [1.165, 1.54) is 6.08 Å². The van der Waals surface area contributed by atoms with Gasteiger partial charge in [-0.2, -0.15) is 5.26 Å². The molecule has 3 aromatic carbocycles. The van der Waals surface area contributed by atoms with Crippen molar-refractivity contribution in [1.29, 1.82) is 5.26 Å². The van der Waals surface area contributed by atoms with Gasteiger partial charge in [0.15, 0.2) is 0 Å². The van der Waals surface area contributed by atoms with Crippen LogP contribution in [0.15, 0.2) is 85.1 Å². The predicted molar refractivity (Wildman–Crippen MR) is 124 cm³/mol. The monoisotopic (exact) mass is 420 g/mol. The second-order valence-corrected chi connectivity index (χ2v) is 7.07. The molecule has 6 nitrogen and oxygen atoms in total. The fourth-order valence-electron chi connectivity index (χ4n) is 3.10. The summed E-state index contributed by atoms with van der Waals surface area (Å²) in [5, 5.41) is 11.6. The van der Waals surface area contributed by atoms with Crippen LogP contribution in [-0.4, -0.2) is 15.9 Å². The molecule has 0 saturated heterocycles. The number of fused-ring (bicyclic) bond motifs is 1. The molecule has 0 bridgehead atoms. The first kappa shape index (κ1) is 20.8. The van der Waals surface area contributed by atoms with Gasteiger partial charge in [-0.1, -0.05) is 36.4 Å². The van der Waals surface area contributed by atoms with Crippen molar-refractivity contribution < 1.29 is 9.53 Å². The number of hydrogen-bond acceptors (Lipinski definition) is 5. The third-order valence-electron chi connectivity index (χ3n) is 4.68. The highest BCUT2D eigenvalue weighted by molar-refractivity contribution is 6.01. The van der Waals surface area contributed by atoms with Crippen LogP contribution in [0.1, 0.15) is 16.8 Å².